The number of hydrogen-bond donors (Lipinski definition) is 2. The highest BCUT2D eigenvalue weighted by Gasteiger charge is 2.61. The molecule has 0 saturated carbocycles. The van der Waals surface area contributed by atoms with E-state index >= 15 is 0 Å². The van der Waals surface area contributed by atoms with Crippen molar-refractivity contribution in [3.63, 3.8) is 0 Å². The van der Waals surface area contributed by atoms with Gasteiger partial charge in [0.2, 0.25) is 11.8 Å². The molecule has 0 unspecified atom stereocenters. The Bertz CT molecular complexity index is 1030. The van der Waals surface area contributed by atoms with Crippen molar-refractivity contribution >= 4 is 40.7 Å². The SMILES string of the molecule is C/C=C(/CC)[C@H]1NC(=O)C[C@@H](c2cccc(Cl)c2)[C@]12C(=O)Nc1cc(Cl)ccc12. The molecule has 0 radical (unpaired) electrons. The Morgan fingerprint density at radius 2 is 1.93 bits per heavy atom. The molecule has 1 saturated heterocycles. The van der Waals surface area contributed by atoms with Crippen molar-refractivity contribution in [3.05, 3.63) is 75.3 Å². The first-order valence-corrected chi connectivity index (χ1v) is 10.5. The largest absolute Gasteiger partial charge is 0.348 e. The number of benzene rings is 2. The molecule has 2 amide bonds. The zero-order chi connectivity index (χ0) is 20.8. The van der Waals surface area contributed by atoms with Gasteiger partial charge in [0.25, 0.3) is 0 Å². The van der Waals surface area contributed by atoms with E-state index < -0.39 is 11.5 Å². The summed E-state index contributed by atoms with van der Waals surface area (Å²) in [5, 5.41) is 7.28. The summed E-state index contributed by atoms with van der Waals surface area (Å²) in [7, 11) is 0. The third kappa shape index (κ3) is 3.06. The molecule has 0 aromatic heterocycles. The molecule has 3 atom stereocenters. The van der Waals surface area contributed by atoms with Crippen LogP contribution in [-0.2, 0) is 15.0 Å². The van der Waals surface area contributed by atoms with Gasteiger partial charge in [-0.15, -0.1) is 0 Å². The van der Waals surface area contributed by atoms with Gasteiger partial charge >= 0.3 is 0 Å². The zero-order valence-corrected chi connectivity index (χ0v) is 17.8. The first-order valence-electron chi connectivity index (χ1n) is 9.73. The minimum atomic E-state index is -0.976. The van der Waals surface area contributed by atoms with E-state index in [-0.39, 0.29) is 24.2 Å². The fourth-order valence-corrected chi connectivity index (χ4v) is 5.28. The van der Waals surface area contributed by atoms with Crippen molar-refractivity contribution in [3.8, 4) is 0 Å². The highest BCUT2D eigenvalue weighted by Crippen LogP contribution is 2.54. The molecule has 4 nitrogen and oxygen atoms in total. The lowest BCUT2D eigenvalue weighted by Crippen LogP contribution is -2.62. The first kappa shape index (κ1) is 20.0. The molecule has 2 heterocycles. The fraction of sp³-hybridized carbons (Fsp3) is 0.304. The van der Waals surface area contributed by atoms with Crippen molar-refractivity contribution in [1.29, 1.82) is 0 Å². The third-order valence-electron chi connectivity index (χ3n) is 6.15. The number of carbonyl (C=O) groups excluding carboxylic acids is 2. The second kappa shape index (κ2) is 7.51. The molecule has 1 spiro atoms. The second-order valence-corrected chi connectivity index (χ2v) is 8.42. The molecule has 0 bridgehead atoms. The van der Waals surface area contributed by atoms with E-state index in [1.54, 1.807) is 18.2 Å². The van der Waals surface area contributed by atoms with Crippen molar-refractivity contribution in [2.45, 2.75) is 44.1 Å². The highest BCUT2D eigenvalue weighted by molar-refractivity contribution is 6.31. The van der Waals surface area contributed by atoms with Crippen LogP contribution < -0.4 is 10.6 Å². The smallest absolute Gasteiger partial charge is 0.238 e. The van der Waals surface area contributed by atoms with Crippen LogP contribution in [0.2, 0.25) is 10.0 Å². The minimum Gasteiger partial charge on any atom is -0.348 e. The number of nitrogens with one attached hydrogen (secondary N) is 2. The van der Waals surface area contributed by atoms with Crippen LogP contribution in [0.15, 0.2) is 54.1 Å². The van der Waals surface area contributed by atoms with Crippen LogP contribution in [-0.4, -0.2) is 17.9 Å². The summed E-state index contributed by atoms with van der Waals surface area (Å²) < 4.78 is 0. The van der Waals surface area contributed by atoms with Gasteiger partial charge in [-0.1, -0.05) is 60.0 Å². The van der Waals surface area contributed by atoms with Crippen LogP contribution in [0.25, 0.3) is 0 Å². The van der Waals surface area contributed by atoms with Gasteiger partial charge in [-0.3, -0.25) is 9.59 Å². The predicted octanol–water partition coefficient (Wildman–Crippen LogP) is 5.21. The zero-order valence-electron chi connectivity index (χ0n) is 16.3. The summed E-state index contributed by atoms with van der Waals surface area (Å²) in [4.78, 5) is 26.4. The van der Waals surface area contributed by atoms with Crippen LogP contribution >= 0.6 is 23.2 Å². The van der Waals surface area contributed by atoms with Crippen molar-refractivity contribution in [1.82, 2.24) is 5.32 Å². The molecule has 2 N–H and O–H groups in total. The maximum Gasteiger partial charge on any atom is 0.238 e. The molecule has 29 heavy (non-hydrogen) atoms. The lowest BCUT2D eigenvalue weighted by molar-refractivity contribution is -0.130. The lowest BCUT2D eigenvalue weighted by Gasteiger charge is -2.47. The van der Waals surface area contributed by atoms with Gasteiger partial charge in [-0.2, -0.15) is 0 Å². The molecule has 2 aromatic rings. The van der Waals surface area contributed by atoms with Crippen LogP contribution in [0.5, 0.6) is 0 Å². The average molecular weight is 429 g/mol. The number of rotatable bonds is 3. The summed E-state index contributed by atoms with van der Waals surface area (Å²) in [5.74, 6) is -0.560. The van der Waals surface area contributed by atoms with E-state index in [9.17, 15) is 9.59 Å². The Kier molecular flexibility index (Phi) is 5.18. The third-order valence-corrected chi connectivity index (χ3v) is 6.62. The van der Waals surface area contributed by atoms with E-state index in [0.29, 0.717) is 15.7 Å². The standard InChI is InChI=1S/C23H22Cl2N2O2/c1-3-13(4-2)21-23(17-9-8-16(25)11-19(17)26-22(23)29)18(12-20(28)27-21)14-6-5-7-15(24)10-14/h3,5-11,18,21H,4,12H2,1-2H3,(H,26,29)(H,27,28)/b13-3-/t18-,21+,23-/m0/s1. The first-order chi connectivity index (χ1) is 13.9. The molecular formula is C23H22Cl2N2O2. The Balaban J connectivity index is 2.02. The van der Waals surface area contributed by atoms with E-state index in [2.05, 4.69) is 10.6 Å². The molecule has 6 heteroatoms. The highest BCUT2D eigenvalue weighted by atomic mass is 35.5. The number of amides is 2. The molecule has 2 aliphatic rings. The topological polar surface area (TPSA) is 58.2 Å². The summed E-state index contributed by atoms with van der Waals surface area (Å²) in [6, 6.07) is 12.5. The van der Waals surface area contributed by atoms with E-state index in [1.165, 1.54) is 0 Å². The number of piperidine rings is 1. The fourth-order valence-electron chi connectivity index (χ4n) is 4.91. The van der Waals surface area contributed by atoms with E-state index in [1.807, 2.05) is 44.2 Å². The van der Waals surface area contributed by atoms with Crippen molar-refractivity contribution in [2.24, 2.45) is 0 Å². The number of anilines is 1. The van der Waals surface area contributed by atoms with Crippen molar-refractivity contribution < 1.29 is 9.59 Å². The molecule has 0 aliphatic carbocycles. The molecule has 2 aliphatic heterocycles. The summed E-state index contributed by atoms with van der Waals surface area (Å²) in [5.41, 5.74) is 2.47. The number of allylic oxidation sites excluding steroid dienone is 1. The van der Waals surface area contributed by atoms with Crippen molar-refractivity contribution in [2.75, 3.05) is 5.32 Å². The molecule has 1 fully saturated rings. The normalized spacial score (nSPS) is 26.3. The number of hydrogen-bond acceptors (Lipinski definition) is 2. The van der Waals surface area contributed by atoms with Gasteiger partial charge in [-0.05, 0) is 48.7 Å². The Hall–Kier alpha value is -2.30. The predicted molar refractivity (Wildman–Crippen MR) is 117 cm³/mol. The average Bonchev–Trinajstić information content (AvgIpc) is 2.96. The second-order valence-electron chi connectivity index (χ2n) is 7.54. The van der Waals surface area contributed by atoms with Crippen LogP contribution in [0.1, 0.15) is 43.7 Å². The van der Waals surface area contributed by atoms with E-state index in [4.69, 9.17) is 23.2 Å². The summed E-state index contributed by atoms with van der Waals surface area (Å²) in [6.07, 6.45) is 2.92. The summed E-state index contributed by atoms with van der Waals surface area (Å²) in [6.45, 7) is 3.98. The monoisotopic (exact) mass is 428 g/mol. The Morgan fingerprint density at radius 1 is 1.17 bits per heavy atom. The molecule has 2 aromatic carbocycles. The Labute approximate surface area is 180 Å². The van der Waals surface area contributed by atoms with Gasteiger partial charge < -0.3 is 10.6 Å². The van der Waals surface area contributed by atoms with Crippen LogP contribution in [0, 0.1) is 0 Å². The maximum absolute atomic E-state index is 13.7. The van der Waals surface area contributed by atoms with Gasteiger partial charge in [-0.25, -0.2) is 0 Å². The number of carbonyl (C=O) groups is 2. The van der Waals surface area contributed by atoms with Gasteiger partial charge in [0.05, 0.1) is 6.04 Å². The van der Waals surface area contributed by atoms with E-state index in [0.717, 1.165) is 23.1 Å². The molecule has 150 valence electrons. The van der Waals surface area contributed by atoms with Gasteiger partial charge in [0.1, 0.15) is 5.41 Å². The van der Waals surface area contributed by atoms with Gasteiger partial charge in [0.15, 0.2) is 0 Å². The maximum atomic E-state index is 13.7. The van der Waals surface area contributed by atoms with Gasteiger partial charge in [0, 0.05) is 28.1 Å². The number of halogens is 2. The Morgan fingerprint density at radius 3 is 2.62 bits per heavy atom. The van der Waals surface area contributed by atoms with Crippen LogP contribution in [0.3, 0.4) is 0 Å². The quantitative estimate of drug-likeness (QED) is 0.658. The minimum absolute atomic E-state index is 0.0754. The van der Waals surface area contributed by atoms with Crippen LogP contribution in [0.4, 0.5) is 5.69 Å². The lowest BCUT2D eigenvalue weighted by atomic mass is 9.59. The summed E-state index contributed by atoms with van der Waals surface area (Å²) >= 11 is 12.5. The molecule has 4 rings (SSSR count). The number of fused-ring (bicyclic) bond motifs is 2. The molecular weight excluding hydrogens is 407 g/mol.